The van der Waals surface area contributed by atoms with E-state index in [0.717, 1.165) is 10.4 Å². The van der Waals surface area contributed by atoms with E-state index in [9.17, 15) is 4.79 Å². The minimum atomic E-state index is -0.197. The quantitative estimate of drug-likeness (QED) is 0.753. The van der Waals surface area contributed by atoms with Crippen LogP contribution in [0.1, 0.15) is 16.6 Å². The molecule has 0 aliphatic rings. The molecule has 0 saturated carbocycles. The topological polar surface area (TPSA) is 67.0 Å². The van der Waals surface area contributed by atoms with E-state index < -0.39 is 0 Å². The van der Waals surface area contributed by atoms with Gasteiger partial charge in [0.1, 0.15) is 10.6 Å². The first-order valence-corrected chi connectivity index (χ1v) is 7.71. The molecule has 0 aliphatic carbocycles. The molecule has 1 aromatic carbocycles. The summed E-state index contributed by atoms with van der Waals surface area (Å²) in [4.78, 5) is 14.0. The minimum Gasteiger partial charge on any atom is -0.492 e. The van der Waals surface area contributed by atoms with Crippen molar-refractivity contribution in [3.63, 3.8) is 0 Å². The molecule has 5 nitrogen and oxygen atoms in total. The van der Waals surface area contributed by atoms with Gasteiger partial charge in [-0.15, -0.1) is 11.3 Å². The second-order valence-corrected chi connectivity index (χ2v) is 5.60. The fourth-order valence-corrected chi connectivity index (χ4v) is 3.05. The van der Waals surface area contributed by atoms with E-state index in [2.05, 4.69) is 15.5 Å². The van der Waals surface area contributed by atoms with Gasteiger partial charge in [-0.2, -0.15) is 5.10 Å². The Labute approximate surface area is 132 Å². The molecule has 0 radical (unpaired) electrons. The number of amides is 1. The van der Waals surface area contributed by atoms with Crippen molar-refractivity contribution in [2.75, 3.05) is 11.9 Å². The lowest BCUT2D eigenvalue weighted by Crippen LogP contribution is -2.11. The van der Waals surface area contributed by atoms with Gasteiger partial charge in [-0.1, -0.05) is 30.3 Å². The number of thiophene rings is 1. The van der Waals surface area contributed by atoms with Crippen molar-refractivity contribution in [3.8, 4) is 16.2 Å². The number of aromatic nitrogens is 2. The standard InChI is InChI=1S/C16H15N3O2S/c1-2-21-13-8-14(11-6-4-3-5-7-11)22-15(13)16(20)19-12-9-17-18-10-12/h3-10H,2H2,1H3,(H,17,18)(H,19,20). The Kier molecular flexibility index (Phi) is 4.20. The van der Waals surface area contributed by atoms with Crippen molar-refractivity contribution < 1.29 is 9.53 Å². The first-order chi connectivity index (χ1) is 10.8. The van der Waals surface area contributed by atoms with E-state index >= 15 is 0 Å². The highest BCUT2D eigenvalue weighted by molar-refractivity contribution is 7.17. The third kappa shape index (κ3) is 3.01. The molecule has 0 spiro atoms. The van der Waals surface area contributed by atoms with Crippen molar-refractivity contribution in [1.29, 1.82) is 0 Å². The van der Waals surface area contributed by atoms with Crippen LogP contribution in [0.3, 0.4) is 0 Å². The average molecular weight is 313 g/mol. The van der Waals surface area contributed by atoms with E-state index in [4.69, 9.17) is 4.74 Å². The maximum atomic E-state index is 12.4. The monoisotopic (exact) mass is 313 g/mol. The summed E-state index contributed by atoms with van der Waals surface area (Å²) in [5.74, 6) is 0.407. The molecular formula is C16H15N3O2S. The van der Waals surface area contributed by atoms with Gasteiger partial charge < -0.3 is 10.1 Å². The highest BCUT2D eigenvalue weighted by atomic mass is 32.1. The van der Waals surface area contributed by atoms with Gasteiger partial charge in [-0.05, 0) is 18.6 Å². The zero-order chi connectivity index (χ0) is 15.4. The molecule has 2 N–H and O–H groups in total. The second kappa shape index (κ2) is 6.44. The van der Waals surface area contributed by atoms with E-state index in [0.29, 0.717) is 22.9 Å². The maximum absolute atomic E-state index is 12.4. The highest BCUT2D eigenvalue weighted by Gasteiger charge is 2.18. The number of anilines is 1. The van der Waals surface area contributed by atoms with Crippen LogP contribution in [0.15, 0.2) is 48.8 Å². The molecule has 3 rings (SSSR count). The lowest BCUT2D eigenvalue weighted by atomic mass is 10.2. The summed E-state index contributed by atoms with van der Waals surface area (Å²) < 4.78 is 5.61. The fraction of sp³-hybridized carbons (Fsp3) is 0.125. The smallest absolute Gasteiger partial charge is 0.269 e. The van der Waals surface area contributed by atoms with Gasteiger partial charge in [0.2, 0.25) is 0 Å². The van der Waals surface area contributed by atoms with Crippen molar-refractivity contribution in [2.24, 2.45) is 0 Å². The number of hydrogen-bond donors (Lipinski definition) is 2. The second-order valence-electron chi connectivity index (χ2n) is 4.54. The van der Waals surface area contributed by atoms with Gasteiger partial charge in [0.25, 0.3) is 5.91 Å². The number of hydrogen-bond acceptors (Lipinski definition) is 4. The summed E-state index contributed by atoms with van der Waals surface area (Å²) in [5, 5.41) is 9.28. The average Bonchev–Trinajstić information content (AvgIpc) is 3.18. The van der Waals surface area contributed by atoms with Crippen LogP contribution in [0.25, 0.3) is 10.4 Å². The number of H-pyrrole nitrogens is 1. The van der Waals surface area contributed by atoms with Crippen molar-refractivity contribution in [1.82, 2.24) is 10.2 Å². The van der Waals surface area contributed by atoms with Crippen molar-refractivity contribution in [2.45, 2.75) is 6.92 Å². The molecule has 112 valence electrons. The molecule has 2 aromatic heterocycles. The minimum absolute atomic E-state index is 0.197. The zero-order valence-electron chi connectivity index (χ0n) is 12.0. The van der Waals surface area contributed by atoms with Crippen LogP contribution >= 0.6 is 11.3 Å². The van der Waals surface area contributed by atoms with Crippen LogP contribution in [0.2, 0.25) is 0 Å². The Bertz CT molecular complexity index is 751. The highest BCUT2D eigenvalue weighted by Crippen LogP contribution is 2.36. The number of benzene rings is 1. The van der Waals surface area contributed by atoms with Crippen LogP contribution in [0.5, 0.6) is 5.75 Å². The van der Waals surface area contributed by atoms with E-state index in [1.807, 2.05) is 43.3 Å². The number of ether oxygens (including phenoxy) is 1. The number of carbonyl (C=O) groups excluding carboxylic acids is 1. The predicted molar refractivity (Wildman–Crippen MR) is 87.5 cm³/mol. The molecule has 1 amide bonds. The Morgan fingerprint density at radius 3 is 2.86 bits per heavy atom. The molecule has 6 heteroatoms. The number of nitrogens with one attached hydrogen (secondary N) is 2. The van der Waals surface area contributed by atoms with Crippen LogP contribution < -0.4 is 10.1 Å². The number of rotatable bonds is 5. The normalized spacial score (nSPS) is 10.4. The third-order valence-electron chi connectivity index (χ3n) is 3.02. The molecule has 0 atom stereocenters. The SMILES string of the molecule is CCOc1cc(-c2ccccc2)sc1C(=O)Nc1cn[nH]c1. The fourth-order valence-electron chi connectivity index (χ4n) is 2.05. The molecule has 0 fully saturated rings. The van der Waals surface area contributed by atoms with Gasteiger partial charge in [0.15, 0.2) is 0 Å². The maximum Gasteiger partial charge on any atom is 0.269 e. The Morgan fingerprint density at radius 2 is 2.18 bits per heavy atom. The van der Waals surface area contributed by atoms with E-state index in [1.165, 1.54) is 11.3 Å². The summed E-state index contributed by atoms with van der Waals surface area (Å²) in [6, 6.07) is 11.8. The molecule has 22 heavy (non-hydrogen) atoms. The van der Waals surface area contributed by atoms with Gasteiger partial charge in [0, 0.05) is 11.1 Å². The molecule has 0 unspecified atom stereocenters. The Balaban J connectivity index is 1.92. The first kappa shape index (κ1) is 14.3. The molecule has 0 aliphatic heterocycles. The van der Waals surface area contributed by atoms with Crippen molar-refractivity contribution >= 4 is 22.9 Å². The molecular weight excluding hydrogens is 298 g/mol. The van der Waals surface area contributed by atoms with E-state index in [1.54, 1.807) is 12.4 Å². The molecule has 0 bridgehead atoms. The number of carbonyl (C=O) groups is 1. The van der Waals surface area contributed by atoms with Crippen LogP contribution in [0, 0.1) is 0 Å². The summed E-state index contributed by atoms with van der Waals surface area (Å²) in [7, 11) is 0. The van der Waals surface area contributed by atoms with Crippen molar-refractivity contribution in [3.05, 3.63) is 53.7 Å². The summed E-state index contributed by atoms with van der Waals surface area (Å²) >= 11 is 1.41. The Hall–Kier alpha value is -2.60. The Morgan fingerprint density at radius 1 is 1.36 bits per heavy atom. The van der Waals surface area contributed by atoms with Gasteiger partial charge >= 0.3 is 0 Å². The molecule has 2 heterocycles. The summed E-state index contributed by atoms with van der Waals surface area (Å²) in [6.07, 6.45) is 3.19. The largest absolute Gasteiger partial charge is 0.492 e. The zero-order valence-corrected chi connectivity index (χ0v) is 12.8. The molecule has 3 aromatic rings. The number of nitrogens with zero attached hydrogens (tertiary/aromatic N) is 1. The summed E-state index contributed by atoms with van der Waals surface area (Å²) in [5.41, 5.74) is 1.69. The third-order valence-corrected chi connectivity index (χ3v) is 4.18. The van der Waals surface area contributed by atoms with E-state index in [-0.39, 0.29) is 5.91 Å². The number of aromatic amines is 1. The lowest BCUT2D eigenvalue weighted by molar-refractivity contribution is 0.102. The van der Waals surface area contributed by atoms with Crippen LogP contribution in [-0.2, 0) is 0 Å². The predicted octanol–water partition coefficient (Wildman–Crippen LogP) is 3.79. The van der Waals surface area contributed by atoms with Crippen LogP contribution in [-0.4, -0.2) is 22.7 Å². The first-order valence-electron chi connectivity index (χ1n) is 6.90. The van der Waals surface area contributed by atoms with Gasteiger partial charge in [-0.3, -0.25) is 9.89 Å². The van der Waals surface area contributed by atoms with Gasteiger partial charge in [-0.25, -0.2) is 0 Å². The summed E-state index contributed by atoms with van der Waals surface area (Å²) in [6.45, 7) is 2.41. The van der Waals surface area contributed by atoms with Crippen LogP contribution in [0.4, 0.5) is 5.69 Å². The van der Waals surface area contributed by atoms with Gasteiger partial charge in [0.05, 0.1) is 18.5 Å². The molecule has 0 saturated heterocycles. The lowest BCUT2D eigenvalue weighted by Gasteiger charge is -2.04.